The van der Waals surface area contributed by atoms with Crippen LogP contribution in [0.3, 0.4) is 0 Å². The zero-order chi connectivity index (χ0) is 13.4. The molecule has 0 spiro atoms. The fourth-order valence-corrected chi connectivity index (χ4v) is 3.16. The lowest BCUT2D eigenvalue weighted by Crippen LogP contribution is -2.01. The number of nitrogens with zero attached hydrogens (tertiary/aromatic N) is 3. The maximum Gasteiger partial charge on any atom is 0.135 e. The van der Waals surface area contributed by atoms with Gasteiger partial charge in [-0.3, -0.25) is 0 Å². The van der Waals surface area contributed by atoms with Gasteiger partial charge in [-0.05, 0) is 26.0 Å². The van der Waals surface area contributed by atoms with E-state index in [-0.39, 0.29) is 0 Å². The third-order valence-electron chi connectivity index (χ3n) is 2.96. The molecule has 5 heteroatoms. The first kappa shape index (κ1) is 12.5. The van der Waals surface area contributed by atoms with E-state index in [9.17, 15) is 0 Å². The van der Waals surface area contributed by atoms with Crippen LogP contribution in [0.1, 0.15) is 22.1 Å². The molecule has 0 saturated heterocycles. The lowest BCUT2D eigenvalue weighted by Gasteiger charge is -2.05. The van der Waals surface area contributed by atoms with Crippen LogP contribution >= 0.6 is 22.9 Å². The molecule has 3 aromatic rings. The first-order valence-corrected chi connectivity index (χ1v) is 7.17. The summed E-state index contributed by atoms with van der Waals surface area (Å²) < 4.78 is 1.20. The molecule has 0 aliphatic rings. The van der Waals surface area contributed by atoms with Gasteiger partial charge in [0.2, 0.25) is 0 Å². The third-order valence-corrected chi connectivity index (χ3v) is 4.36. The van der Waals surface area contributed by atoms with Crippen molar-refractivity contribution in [3.63, 3.8) is 0 Å². The number of rotatable bonds is 2. The van der Waals surface area contributed by atoms with Crippen molar-refractivity contribution in [2.24, 2.45) is 0 Å². The summed E-state index contributed by atoms with van der Waals surface area (Å²) in [6.07, 6.45) is 0.703. The van der Waals surface area contributed by atoms with E-state index in [4.69, 9.17) is 11.6 Å². The Labute approximate surface area is 120 Å². The molecule has 3 nitrogen and oxygen atoms in total. The van der Waals surface area contributed by atoms with Crippen molar-refractivity contribution in [3.8, 4) is 0 Å². The SMILES string of the molecule is Cc1nc(Cl)c(C)c(Cc2nc3ccccc3s2)n1. The van der Waals surface area contributed by atoms with E-state index in [1.54, 1.807) is 11.3 Å². The summed E-state index contributed by atoms with van der Waals surface area (Å²) in [5, 5.41) is 1.59. The monoisotopic (exact) mass is 289 g/mol. The standard InChI is InChI=1S/C14H12ClN3S/c1-8-11(16-9(2)17-14(8)15)7-13-18-10-5-3-4-6-12(10)19-13/h3-6H,7H2,1-2H3. The first-order valence-electron chi connectivity index (χ1n) is 5.97. The highest BCUT2D eigenvalue weighted by molar-refractivity contribution is 7.18. The predicted octanol–water partition coefficient (Wildman–Crippen LogP) is 3.95. The van der Waals surface area contributed by atoms with Gasteiger partial charge in [0.1, 0.15) is 11.0 Å². The number of aromatic nitrogens is 3. The van der Waals surface area contributed by atoms with Crippen molar-refractivity contribution in [1.29, 1.82) is 0 Å². The smallest absolute Gasteiger partial charge is 0.135 e. The average Bonchev–Trinajstić information content (AvgIpc) is 2.77. The minimum atomic E-state index is 0.531. The minimum absolute atomic E-state index is 0.531. The Morgan fingerprint density at radius 1 is 1.11 bits per heavy atom. The van der Waals surface area contributed by atoms with E-state index in [1.165, 1.54) is 4.70 Å². The molecule has 0 radical (unpaired) electrons. The molecule has 1 aromatic carbocycles. The lowest BCUT2D eigenvalue weighted by molar-refractivity contribution is 0.940. The maximum absolute atomic E-state index is 6.10. The van der Waals surface area contributed by atoms with E-state index in [0.717, 1.165) is 21.8 Å². The van der Waals surface area contributed by atoms with Gasteiger partial charge < -0.3 is 0 Å². The quantitative estimate of drug-likeness (QED) is 0.671. The van der Waals surface area contributed by atoms with Crippen LogP contribution in [-0.2, 0) is 6.42 Å². The molecule has 0 fully saturated rings. The summed E-state index contributed by atoms with van der Waals surface area (Å²) in [4.78, 5) is 13.2. The van der Waals surface area contributed by atoms with Crippen molar-refractivity contribution in [2.45, 2.75) is 20.3 Å². The number of hydrogen-bond acceptors (Lipinski definition) is 4. The fraction of sp³-hybridized carbons (Fsp3) is 0.214. The number of hydrogen-bond donors (Lipinski definition) is 0. The molecule has 0 aliphatic heterocycles. The Bertz CT molecular complexity index is 719. The number of benzene rings is 1. The number of thiazole rings is 1. The van der Waals surface area contributed by atoms with Crippen molar-refractivity contribution < 1.29 is 0 Å². The zero-order valence-electron chi connectivity index (χ0n) is 10.6. The number of fused-ring (bicyclic) bond motifs is 1. The van der Waals surface area contributed by atoms with E-state index < -0.39 is 0 Å². The van der Waals surface area contributed by atoms with Crippen molar-refractivity contribution in [1.82, 2.24) is 15.0 Å². The molecule has 0 amide bonds. The molecule has 2 aromatic heterocycles. The summed E-state index contributed by atoms with van der Waals surface area (Å²) in [6.45, 7) is 3.80. The summed E-state index contributed by atoms with van der Waals surface area (Å²) in [6, 6.07) is 8.14. The number of halogens is 1. The van der Waals surface area contributed by atoms with Gasteiger partial charge in [0.25, 0.3) is 0 Å². The topological polar surface area (TPSA) is 38.7 Å². The lowest BCUT2D eigenvalue weighted by atomic mass is 10.2. The van der Waals surface area contributed by atoms with E-state index in [0.29, 0.717) is 17.4 Å². The second-order valence-corrected chi connectivity index (χ2v) is 5.86. The average molecular weight is 290 g/mol. The molecule has 0 unspecified atom stereocenters. The molecular formula is C14H12ClN3S. The van der Waals surface area contributed by atoms with Crippen LogP contribution < -0.4 is 0 Å². The number of para-hydroxylation sites is 1. The minimum Gasteiger partial charge on any atom is -0.241 e. The Kier molecular flexibility index (Phi) is 3.21. The summed E-state index contributed by atoms with van der Waals surface area (Å²) in [5.41, 5.74) is 2.93. The Morgan fingerprint density at radius 3 is 2.68 bits per heavy atom. The maximum atomic E-state index is 6.10. The van der Waals surface area contributed by atoms with Crippen LogP contribution in [0, 0.1) is 13.8 Å². The molecule has 0 saturated carbocycles. The van der Waals surface area contributed by atoms with Crippen LogP contribution in [-0.4, -0.2) is 15.0 Å². The van der Waals surface area contributed by atoms with E-state index in [2.05, 4.69) is 21.0 Å². The zero-order valence-corrected chi connectivity index (χ0v) is 12.2. The van der Waals surface area contributed by atoms with Gasteiger partial charge >= 0.3 is 0 Å². The van der Waals surface area contributed by atoms with Crippen LogP contribution in [0.25, 0.3) is 10.2 Å². The van der Waals surface area contributed by atoms with Gasteiger partial charge in [0.15, 0.2) is 0 Å². The van der Waals surface area contributed by atoms with Crippen LogP contribution in [0.2, 0.25) is 5.15 Å². The molecule has 0 N–H and O–H groups in total. The largest absolute Gasteiger partial charge is 0.241 e. The van der Waals surface area contributed by atoms with Crippen LogP contribution in [0.4, 0.5) is 0 Å². The van der Waals surface area contributed by atoms with E-state index >= 15 is 0 Å². The molecule has 0 aliphatic carbocycles. The van der Waals surface area contributed by atoms with Gasteiger partial charge in [-0.25, -0.2) is 15.0 Å². The fourth-order valence-electron chi connectivity index (χ4n) is 1.96. The third kappa shape index (κ3) is 2.46. The summed E-state index contributed by atoms with van der Waals surface area (Å²) >= 11 is 7.79. The Morgan fingerprint density at radius 2 is 1.89 bits per heavy atom. The van der Waals surface area contributed by atoms with Crippen LogP contribution in [0.5, 0.6) is 0 Å². The van der Waals surface area contributed by atoms with E-state index in [1.807, 2.05) is 32.0 Å². The highest BCUT2D eigenvalue weighted by Crippen LogP contribution is 2.25. The summed E-state index contributed by atoms with van der Waals surface area (Å²) in [7, 11) is 0. The molecule has 0 atom stereocenters. The first-order chi connectivity index (χ1) is 9.13. The van der Waals surface area contributed by atoms with Gasteiger partial charge in [-0.1, -0.05) is 23.7 Å². The van der Waals surface area contributed by atoms with Gasteiger partial charge in [0.05, 0.1) is 20.9 Å². The second-order valence-electron chi connectivity index (χ2n) is 4.39. The van der Waals surface area contributed by atoms with Crippen molar-refractivity contribution >= 4 is 33.2 Å². The van der Waals surface area contributed by atoms with Crippen molar-refractivity contribution in [2.75, 3.05) is 0 Å². The molecule has 0 bridgehead atoms. The van der Waals surface area contributed by atoms with Crippen LogP contribution in [0.15, 0.2) is 24.3 Å². The molecule has 96 valence electrons. The number of aryl methyl sites for hydroxylation is 1. The molecule has 2 heterocycles. The Balaban J connectivity index is 2.01. The highest BCUT2D eigenvalue weighted by atomic mass is 35.5. The normalized spacial score (nSPS) is 11.1. The van der Waals surface area contributed by atoms with Gasteiger partial charge in [-0.2, -0.15) is 0 Å². The molecular weight excluding hydrogens is 278 g/mol. The predicted molar refractivity (Wildman–Crippen MR) is 78.9 cm³/mol. The van der Waals surface area contributed by atoms with Gasteiger partial charge in [0, 0.05) is 12.0 Å². The van der Waals surface area contributed by atoms with Crippen molar-refractivity contribution in [3.05, 3.63) is 51.5 Å². The molecule has 19 heavy (non-hydrogen) atoms. The Hall–Kier alpha value is -1.52. The van der Waals surface area contributed by atoms with Gasteiger partial charge in [-0.15, -0.1) is 11.3 Å². The molecule has 3 rings (SSSR count). The summed E-state index contributed by atoms with van der Waals surface area (Å²) in [5.74, 6) is 0.701. The second kappa shape index (κ2) is 4.87. The highest BCUT2D eigenvalue weighted by Gasteiger charge is 2.11.